The zero-order chi connectivity index (χ0) is 20.8. The largest absolute Gasteiger partial charge is 0.476 e. The van der Waals surface area contributed by atoms with Gasteiger partial charge in [-0.1, -0.05) is 51.0 Å². The van der Waals surface area contributed by atoms with E-state index in [1.54, 1.807) is 0 Å². The molecule has 0 radical (unpaired) electrons. The van der Waals surface area contributed by atoms with Gasteiger partial charge in [-0.15, -0.1) is 0 Å². The molecule has 1 saturated carbocycles. The summed E-state index contributed by atoms with van der Waals surface area (Å²) in [5, 5.41) is 1.17. The molecule has 0 amide bonds. The molecule has 1 aliphatic carbocycles. The van der Waals surface area contributed by atoms with Crippen molar-refractivity contribution in [3.05, 3.63) is 35.5 Å². The van der Waals surface area contributed by atoms with E-state index in [4.69, 9.17) is 4.74 Å². The number of ether oxygens (including phenoxy) is 1. The summed E-state index contributed by atoms with van der Waals surface area (Å²) in [6.07, 6.45) is 12.3. The van der Waals surface area contributed by atoms with E-state index < -0.39 is 10.8 Å². The Kier molecular flexibility index (Phi) is 7.74. The fourth-order valence-corrected chi connectivity index (χ4v) is 5.71. The molecular weight excluding hydrogens is 394 g/mol. The van der Waals surface area contributed by atoms with Crippen molar-refractivity contribution in [3.8, 4) is 5.75 Å². The quantitative estimate of drug-likeness (QED) is 0.666. The lowest BCUT2D eigenvalue weighted by Crippen LogP contribution is -2.37. The van der Waals surface area contributed by atoms with Gasteiger partial charge in [0.2, 0.25) is 0 Å². The lowest BCUT2D eigenvalue weighted by Gasteiger charge is -2.29. The highest BCUT2D eigenvalue weighted by Gasteiger charge is 2.22. The van der Waals surface area contributed by atoms with Crippen LogP contribution in [0.4, 0.5) is 0 Å². The second-order valence-corrected chi connectivity index (χ2v) is 10.5. The van der Waals surface area contributed by atoms with Crippen LogP contribution >= 0.6 is 0 Å². The van der Waals surface area contributed by atoms with Crippen LogP contribution in [0.3, 0.4) is 0 Å². The van der Waals surface area contributed by atoms with Crippen LogP contribution in [0, 0.1) is 0 Å². The monoisotopic (exact) mass is 429 g/mol. The van der Waals surface area contributed by atoms with E-state index in [0.717, 1.165) is 49.0 Å². The molecule has 30 heavy (non-hydrogen) atoms. The Morgan fingerprint density at radius 1 is 1.07 bits per heavy atom. The molecule has 0 N–H and O–H groups in total. The Balaban J connectivity index is 0.000000265. The van der Waals surface area contributed by atoms with E-state index in [9.17, 15) is 4.21 Å². The van der Waals surface area contributed by atoms with Gasteiger partial charge in [0.25, 0.3) is 0 Å². The topological polar surface area (TPSA) is 45.7 Å². The molecule has 3 aliphatic rings. The van der Waals surface area contributed by atoms with Gasteiger partial charge in [0.1, 0.15) is 12.2 Å². The van der Waals surface area contributed by atoms with Crippen molar-refractivity contribution in [2.45, 2.75) is 58.0 Å². The van der Waals surface area contributed by atoms with E-state index in [0.29, 0.717) is 6.73 Å². The van der Waals surface area contributed by atoms with Crippen molar-refractivity contribution in [2.24, 2.45) is 0 Å². The van der Waals surface area contributed by atoms with Crippen LogP contribution < -0.4 is 4.74 Å². The fraction of sp³-hybridized carbons (Fsp3) is 0.625. The molecule has 0 unspecified atom stereocenters. The number of benzene rings is 1. The number of aromatic nitrogens is 1. The lowest BCUT2D eigenvalue weighted by atomic mass is 10.0. The molecule has 1 aromatic carbocycles. The number of pyridine rings is 1. The minimum Gasteiger partial charge on any atom is -0.476 e. The van der Waals surface area contributed by atoms with E-state index in [1.165, 1.54) is 61.5 Å². The maximum atomic E-state index is 11.6. The van der Waals surface area contributed by atoms with Crippen LogP contribution in [0.5, 0.6) is 5.75 Å². The summed E-state index contributed by atoms with van der Waals surface area (Å²) in [5.74, 6) is 2.50. The van der Waals surface area contributed by atoms with E-state index in [1.807, 2.05) is 12.3 Å². The van der Waals surface area contributed by atoms with Gasteiger partial charge in [0.15, 0.2) is 5.75 Å². The predicted molar refractivity (Wildman–Crippen MR) is 124 cm³/mol. The van der Waals surface area contributed by atoms with Crippen molar-refractivity contribution in [1.82, 2.24) is 14.8 Å². The van der Waals surface area contributed by atoms with Gasteiger partial charge in [0.05, 0.1) is 0 Å². The molecule has 5 nitrogen and oxygen atoms in total. The Labute approximate surface area is 183 Å². The molecule has 5 rings (SSSR count). The van der Waals surface area contributed by atoms with Gasteiger partial charge in [-0.05, 0) is 24.7 Å². The smallest absolute Gasteiger partial charge is 0.152 e. The van der Waals surface area contributed by atoms with Gasteiger partial charge < -0.3 is 4.74 Å². The fourth-order valence-electron chi connectivity index (χ4n) is 4.58. The van der Waals surface area contributed by atoms with Gasteiger partial charge in [0, 0.05) is 65.6 Å². The molecule has 0 atom stereocenters. The second kappa shape index (κ2) is 10.7. The first-order chi connectivity index (χ1) is 14.7. The summed E-state index contributed by atoms with van der Waals surface area (Å²) in [6, 6.07) is 6.38. The van der Waals surface area contributed by atoms with Gasteiger partial charge >= 0.3 is 0 Å². The molecule has 2 fully saturated rings. The molecule has 2 aromatic rings. The van der Waals surface area contributed by atoms with Crippen molar-refractivity contribution in [1.29, 1.82) is 0 Å². The minimum atomic E-state index is -0.633. The van der Waals surface area contributed by atoms with Crippen molar-refractivity contribution >= 4 is 21.7 Å². The van der Waals surface area contributed by atoms with Crippen LogP contribution in [0.15, 0.2) is 24.4 Å². The molecule has 1 saturated heterocycles. The highest BCUT2D eigenvalue weighted by Crippen LogP contribution is 2.34. The maximum absolute atomic E-state index is 11.6. The molecule has 0 spiro atoms. The Hall–Kier alpha value is -1.50. The van der Waals surface area contributed by atoms with Crippen molar-refractivity contribution in [2.75, 3.05) is 38.4 Å². The van der Waals surface area contributed by atoms with Crippen LogP contribution in [-0.2, 0) is 23.9 Å². The Bertz CT molecular complexity index is 843. The van der Waals surface area contributed by atoms with Crippen LogP contribution in [0.1, 0.15) is 56.1 Å². The highest BCUT2D eigenvalue weighted by molar-refractivity contribution is 7.85. The Morgan fingerprint density at radius 2 is 1.73 bits per heavy atom. The molecule has 2 aliphatic heterocycles. The number of rotatable bonds is 2. The standard InChI is InChI=1S/C17H21N3O2S.C7H14/c1-19-10-14-9-13(11-20-5-7-23(21)8-6-20)15-3-2-4-18-16(15)17(14)22-12-19;1-2-4-6-7-5-3-1/h2-4,9H,5-8,10-12H2,1H3;1-7H2. The summed E-state index contributed by atoms with van der Waals surface area (Å²) < 4.78 is 17.5. The zero-order valence-electron chi connectivity index (χ0n) is 18.3. The van der Waals surface area contributed by atoms with Crippen molar-refractivity contribution < 1.29 is 8.95 Å². The summed E-state index contributed by atoms with van der Waals surface area (Å²) in [6.45, 7) is 4.19. The normalized spacial score (nSPS) is 21.2. The van der Waals surface area contributed by atoms with E-state index >= 15 is 0 Å². The maximum Gasteiger partial charge on any atom is 0.152 e. The second-order valence-electron chi connectivity index (χ2n) is 8.81. The summed E-state index contributed by atoms with van der Waals surface area (Å²) in [5.41, 5.74) is 3.47. The number of hydrogen-bond acceptors (Lipinski definition) is 5. The van der Waals surface area contributed by atoms with Gasteiger partial charge in [-0.3, -0.25) is 19.0 Å². The van der Waals surface area contributed by atoms with Crippen LogP contribution in [0.2, 0.25) is 0 Å². The third kappa shape index (κ3) is 5.59. The first-order valence-corrected chi connectivity index (χ1v) is 13.0. The number of hydrogen-bond donors (Lipinski definition) is 0. The predicted octanol–water partition coefficient (Wildman–Crippen LogP) is 4.31. The SMILES string of the molecule is C1CCCCCC1.CN1COc2c(cc(CN3CCS(=O)CC3)c3cccnc23)C1. The van der Waals surface area contributed by atoms with Crippen LogP contribution in [-0.4, -0.2) is 57.4 Å². The Morgan fingerprint density at radius 3 is 2.40 bits per heavy atom. The molecule has 6 heteroatoms. The summed E-state index contributed by atoms with van der Waals surface area (Å²) in [7, 11) is 1.43. The van der Waals surface area contributed by atoms with Crippen LogP contribution in [0.25, 0.3) is 10.9 Å². The average molecular weight is 430 g/mol. The zero-order valence-corrected chi connectivity index (χ0v) is 19.1. The lowest BCUT2D eigenvalue weighted by molar-refractivity contribution is 0.123. The van der Waals surface area contributed by atoms with Gasteiger partial charge in [-0.25, -0.2) is 0 Å². The number of fused-ring (bicyclic) bond motifs is 3. The average Bonchev–Trinajstić information content (AvgIpc) is 3.09. The number of nitrogens with zero attached hydrogens (tertiary/aromatic N) is 3. The third-order valence-corrected chi connectivity index (χ3v) is 7.57. The first-order valence-electron chi connectivity index (χ1n) is 11.5. The molecular formula is C24H35N3O2S. The molecule has 164 valence electrons. The minimum absolute atomic E-state index is 0.607. The third-order valence-electron chi connectivity index (χ3n) is 6.29. The molecule has 3 heterocycles. The summed E-state index contributed by atoms with van der Waals surface area (Å²) in [4.78, 5) is 9.12. The summed E-state index contributed by atoms with van der Waals surface area (Å²) >= 11 is 0. The van der Waals surface area contributed by atoms with Crippen molar-refractivity contribution in [3.63, 3.8) is 0 Å². The first kappa shape index (κ1) is 21.7. The highest BCUT2D eigenvalue weighted by atomic mass is 32.2. The van der Waals surface area contributed by atoms with Gasteiger partial charge in [-0.2, -0.15) is 0 Å². The van der Waals surface area contributed by atoms with E-state index in [2.05, 4.69) is 34.0 Å². The molecule has 1 aromatic heterocycles. The van der Waals surface area contributed by atoms with E-state index in [-0.39, 0.29) is 0 Å². The molecule has 0 bridgehead atoms.